The van der Waals surface area contributed by atoms with Crippen LogP contribution in [0.25, 0.3) is 0 Å². The number of anilines is 1. The summed E-state index contributed by atoms with van der Waals surface area (Å²) in [6, 6.07) is 4.61. The first-order valence-electron chi connectivity index (χ1n) is 9.44. The van der Waals surface area contributed by atoms with Crippen LogP contribution in [0.3, 0.4) is 0 Å². The van der Waals surface area contributed by atoms with E-state index in [1.807, 2.05) is 0 Å². The van der Waals surface area contributed by atoms with Crippen molar-refractivity contribution >= 4 is 33.4 Å². The molecule has 152 valence electrons. The lowest BCUT2D eigenvalue weighted by atomic mass is 9.81. The summed E-state index contributed by atoms with van der Waals surface area (Å²) in [6.07, 6.45) is 3.37. The van der Waals surface area contributed by atoms with Crippen LogP contribution in [-0.4, -0.2) is 44.6 Å². The van der Waals surface area contributed by atoms with Crippen molar-refractivity contribution in [3.8, 4) is 0 Å². The van der Waals surface area contributed by atoms with E-state index in [9.17, 15) is 22.8 Å². The fourth-order valence-corrected chi connectivity index (χ4v) is 4.96. The van der Waals surface area contributed by atoms with Crippen LogP contribution in [0.1, 0.15) is 37.7 Å². The lowest BCUT2D eigenvalue weighted by Crippen LogP contribution is -2.34. The summed E-state index contributed by atoms with van der Waals surface area (Å²) in [7, 11) is -2.32. The monoisotopic (exact) mass is 407 g/mol. The summed E-state index contributed by atoms with van der Waals surface area (Å²) >= 11 is 0. The van der Waals surface area contributed by atoms with Crippen LogP contribution in [0.4, 0.5) is 5.69 Å². The Hall–Kier alpha value is -2.26. The second kappa shape index (κ2) is 8.00. The summed E-state index contributed by atoms with van der Waals surface area (Å²) in [5, 5.41) is 2.64. The highest BCUT2D eigenvalue weighted by molar-refractivity contribution is 7.89. The maximum atomic E-state index is 12.4. The third kappa shape index (κ3) is 3.95. The molecule has 9 heteroatoms. The van der Waals surface area contributed by atoms with Crippen molar-refractivity contribution in [3.63, 3.8) is 0 Å². The van der Waals surface area contributed by atoms with Gasteiger partial charge in [-0.3, -0.25) is 19.3 Å². The first kappa shape index (κ1) is 20.5. The Morgan fingerprint density at radius 1 is 1.14 bits per heavy atom. The zero-order valence-electron chi connectivity index (χ0n) is 16.0. The molecule has 0 bridgehead atoms. The van der Waals surface area contributed by atoms with Crippen LogP contribution in [0.15, 0.2) is 23.1 Å². The Balaban J connectivity index is 1.63. The van der Waals surface area contributed by atoms with Crippen molar-refractivity contribution in [2.75, 3.05) is 18.9 Å². The molecule has 1 saturated heterocycles. The topological polar surface area (TPSA) is 113 Å². The van der Waals surface area contributed by atoms with Gasteiger partial charge in [0, 0.05) is 18.7 Å². The van der Waals surface area contributed by atoms with Crippen LogP contribution in [-0.2, 0) is 24.4 Å². The van der Waals surface area contributed by atoms with E-state index in [0.29, 0.717) is 11.3 Å². The van der Waals surface area contributed by atoms with Crippen molar-refractivity contribution in [2.24, 2.45) is 11.8 Å². The van der Waals surface area contributed by atoms with E-state index in [2.05, 4.69) is 10.0 Å². The number of likely N-dealkylation sites (tertiary alicyclic amines) is 1. The number of hydrogen-bond donors (Lipinski definition) is 2. The molecule has 2 atom stereocenters. The number of aryl methyl sites for hydroxylation is 1. The minimum Gasteiger partial charge on any atom is -0.326 e. The number of benzene rings is 1. The maximum absolute atomic E-state index is 12.4. The highest BCUT2D eigenvalue weighted by Crippen LogP contribution is 2.38. The highest BCUT2D eigenvalue weighted by atomic mass is 32.2. The predicted octanol–water partition coefficient (Wildman–Crippen LogP) is 1.41. The van der Waals surface area contributed by atoms with Crippen molar-refractivity contribution in [2.45, 2.75) is 43.9 Å². The number of fused-ring (bicyclic) bond motifs is 1. The zero-order valence-corrected chi connectivity index (χ0v) is 16.8. The van der Waals surface area contributed by atoms with Gasteiger partial charge in [-0.05, 0) is 44.5 Å². The first-order chi connectivity index (χ1) is 13.2. The van der Waals surface area contributed by atoms with Crippen molar-refractivity contribution in [1.82, 2.24) is 9.62 Å². The highest BCUT2D eigenvalue weighted by Gasteiger charge is 2.47. The molecule has 8 nitrogen and oxygen atoms in total. The van der Waals surface area contributed by atoms with Gasteiger partial charge in [0.25, 0.3) is 0 Å². The molecule has 1 aliphatic heterocycles. The van der Waals surface area contributed by atoms with Gasteiger partial charge in [-0.1, -0.05) is 18.9 Å². The molecule has 1 aromatic rings. The Morgan fingerprint density at radius 2 is 1.75 bits per heavy atom. The third-order valence-corrected chi connectivity index (χ3v) is 7.08. The van der Waals surface area contributed by atoms with Gasteiger partial charge in [0.1, 0.15) is 0 Å². The number of amides is 3. The summed E-state index contributed by atoms with van der Waals surface area (Å²) < 4.78 is 26.4. The molecule has 0 spiro atoms. The molecule has 0 radical (unpaired) electrons. The normalized spacial score (nSPS) is 22.3. The van der Waals surface area contributed by atoms with Gasteiger partial charge in [0.15, 0.2) is 0 Å². The molecule has 0 unspecified atom stereocenters. The average molecular weight is 407 g/mol. The second-order valence-electron chi connectivity index (χ2n) is 7.31. The molecule has 1 aromatic carbocycles. The van der Waals surface area contributed by atoms with Gasteiger partial charge in [-0.15, -0.1) is 0 Å². The molecule has 0 aromatic heterocycles. The number of nitrogens with one attached hydrogen (secondary N) is 2. The lowest BCUT2D eigenvalue weighted by Gasteiger charge is -2.19. The molecule has 1 aliphatic carbocycles. The van der Waals surface area contributed by atoms with E-state index in [1.54, 1.807) is 19.1 Å². The summed E-state index contributed by atoms with van der Waals surface area (Å²) in [6.45, 7) is 1.71. The molecule has 2 N–H and O–H groups in total. The SMILES string of the molecule is CNS(=O)(=O)c1cc(NC(=O)CCN2C(=O)[C@@H]3CCCC[C@H]3C2=O)ccc1C. The molecule has 3 rings (SSSR count). The van der Waals surface area contributed by atoms with Gasteiger partial charge >= 0.3 is 0 Å². The van der Waals surface area contributed by atoms with Crippen LogP contribution >= 0.6 is 0 Å². The molecule has 28 heavy (non-hydrogen) atoms. The third-order valence-electron chi connectivity index (χ3n) is 5.53. The molecule has 2 aliphatic rings. The standard InChI is InChI=1S/C19H25N3O5S/c1-12-7-8-13(11-16(12)28(26,27)20-2)21-17(23)9-10-22-18(24)14-5-3-4-6-15(14)19(22)25/h7-8,11,14-15,20H,3-6,9-10H2,1-2H3,(H,21,23)/t14-,15-/m1/s1. The number of rotatable bonds is 6. The van der Waals surface area contributed by atoms with E-state index < -0.39 is 10.0 Å². The predicted molar refractivity (Wildman–Crippen MR) is 103 cm³/mol. The molecular weight excluding hydrogens is 382 g/mol. The molecule has 1 heterocycles. The van der Waals surface area contributed by atoms with Crippen LogP contribution < -0.4 is 10.0 Å². The Kier molecular flexibility index (Phi) is 5.85. The van der Waals surface area contributed by atoms with Gasteiger partial charge < -0.3 is 5.32 Å². The summed E-state index contributed by atoms with van der Waals surface area (Å²) in [4.78, 5) is 38.5. The van der Waals surface area contributed by atoms with Crippen LogP contribution in [0, 0.1) is 18.8 Å². The smallest absolute Gasteiger partial charge is 0.240 e. The van der Waals surface area contributed by atoms with Gasteiger partial charge in [0.05, 0.1) is 16.7 Å². The minimum atomic E-state index is -3.64. The van der Waals surface area contributed by atoms with E-state index in [0.717, 1.165) is 25.7 Å². The fourth-order valence-electron chi connectivity index (χ4n) is 3.97. The number of carbonyl (C=O) groups is 3. The van der Waals surface area contributed by atoms with Crippen LogP contribution in [0.2, 0.25) is 0 Å². The van der Waals surface area contributed by atoms with Gasteiger partial charge in [-0.25, -0.2) is 13.1 Å². The Morgan fingerprint density at radius 3 is 2.32 bits per heavy atom. The zero-order chi connectivity index (χ0) is 20.5. The summed E-state index contributed by atoms with van der Waals surface area (Å²) in [5.74, 6) is -1.17. The van der Waals surface area contributed by atoms with Crippen LogP contribution in [0.5, 0.6) is 0 Å². The molecule has 3 amide bonds. The average Bonchev–Trinajstić information content (AvgIpc) is 2.92. The van der Waals surface area contributed by atoms with E-state index >= 15 is 0 Å². The van der Waals surface area contributed by atoms with E-state index in [1.165, 1.54) is 18.0 Å². The van der Waals surface area contributed by atoms with Crippen molar-refractivity contribution < 1.29 is 22.8 Å². The maximum Gasteiger partial charge on any atom is 0.240 e. The van der Waals surface area contributed by atoms with Crippen molar-refractivity contribution in [1.29, 1.82) is 0 Å². The Labute approximate surface area is 164 Å². The van der Waals surface area contributed by atoms with E-state index in [4.69, 9.17) is 0 Å². The molecule has 2 fully saturated rings. The quantitative estimate of drug-likeness (QED) is 0.693. The first-order valence-corrected chi connectivity index (χ1v) is 10.9. The number of sulfonamides is 1. The summed E-state index contributed by atoms with van der Waals surface area (Å²) in [5.41, 5.74) is 0.903. The largest absolute Gasteiger partial charge is 0.326 e. The number of carbonyl (C=O) groups excluding carboxylic acids is 3. The van der Waals surface area contributed by atoms with E-state index in [-0.39, 0.29) is 47.4 Å². The van der Waals surface area contributed by atoms with Gasteiger partial charge in [0.2, 0.25) is 27.7 Å². The van der Waals surface area contributed by atoms with Crippen molar-refractivity contribution in [3.05, 3.63) is 23.8 Å². The number of nitrogens with zero attached hydrogens (tertiary/aromatic N) is 1. The minimum absolute atomic E-state index is 0.0289. The lowest BCUT2D eigenvalue weighted by molar-refractivity contribution is -0.140. The second-order valence-corrected chi connectivity index (χ2v) is 9.17. The molecular formula is C19H25N3O5S. The Bertz CT molecular complexity index is 888. The fraction of sp³-hybridized carbons (Fsp3) is 0.526. The molecule has 1 saturated carbocycles. The number of imide groups is 1. The van der Waals surface area contributed by atoms with Gasteiger partial charge in [-0.2, -0.15) is 0 Å². The number of hydrogen-bond acceptors (Lipinski definition) is 5.